The average Bonchev–Trinajstić information content (AvgIpc) is 2.84. The van der Waals surface area contributed by atoms with E-state index in [0.29, 0.717) is 12.5 Å². The van der Waals surface area contributed by atoms with Crippen molar-refractivity contribution in [2.24, 2.45) is 5.92 Å². The summed E-state index contributed by atoms with van der Waals surface area (Å²) in [5.41, 5.74) is 2.99. The Morgan fingerprint density at radius 3 is 2.64 bits per heavy atom. The van der Waals surface area contributed by atoms with E-state index in [0.717, 1.165) is 61.6 Å². The number of hydrogen-bond acceptors (Lipinski definition) is 7. The van der Waals surface area contributed by atoms with Gasteiger partial charge in [0, 0.05) is 55.7 Å². The molecule has 3 fully saturated rings. The molecule has 5 heterocycles. The third-order valence-corrected chi connectivity index (χ3v) is 5.83. The Morgan fingerprint density at radius 2 is 1.96 bits per heavy atom. The van der Waals surface area contributed by atoms with Crippen LogP contribution in [0.5, 0.6) is 0 Å². The number of nitrogens with zero attached hydrogens (tertiary/aromatic N) is 5. The van der Waals surface area contributed by atoms with Crippen molar-refractivity contribution in [3.63, 3.8) is 0 Å². The summed E-state index contributed by atoms with van der Waals surface area (Å²) in [5.74, 6) is 1.78. The minimum Gasteiger partial charge on any atom is -0.361 e. The lowest BCUT2D eigenvalue weighted by Crippen LogP contribution is -2.47. The predicted octanol–water partition coefficient (Wildman–Crippen LogP) is 2.14. The van der Waals surface area contributed by atoms with Crippen LogP contribution in [0.25, 0.3) is 0 Å². The summed E-state index contributed by atoms with van der Waals surface area (Å²) >= 11 is 0. The van der Waals surface area contributed by atoms with E-state index in [1.165, 1.54) is 0 Å². The molecule has 1 amide bonds. The van der Waals surface area contributed by atoms with Crippen LogP contribution in [0.15, 0.2) is 16.9 Å². The second-order valence-corrected chi connectivity index (χ2v) is 7.84. The van der Waals surface area contributed by atoms with E-state index in [1.807, 2.05) is 38.1 Å². The largest absolute Gasteiger partial charge is 0.361 e. The number of anilines is 1. The summed E-state index contributed by atoms with van der Waals surface area (Å²) < 4.78 is 5.29. The third-order valence-electron chi connectivity index (χ3n) is 5.83. The minimum atomic E-state index is 0.0566. The lowest BCUT2D eigenvalue weighted by molar-refractivity contribution is -0.140. The normalized spacial score (nSPS) is 22.5. The van der Waals surface area contributed by atoms with Crippen LogP contribution >= 0.6 is 0 Å². The Balaban J connectivity index is 1.47. The van der Waals surface area contributed by atoms with Crippen molar-refractivity contribution in [1.82, 2.24) is 24.9 Å². The summed E-state index contributed by atoms with van der Waals surface area (Å²) in [5, 5.41) is 7.15. The fourth-order valence-corrected chi connectivity index (χ4v) is 4.31. The molecule has 0 saturated carbocycles. The van der Waals surface area contributed by atoms with E-state index in [4.69, 9.17) is 4.52 Å². The molecule has 8 nitrogen and oxygen atoms in total. The second kappa shape index (κ2) is 7.87. The first-order valence-electron chi connectivity index (χ1n) is 10.0. The fraction of sp³-hybridized carbons (Fsp3) is 0.600. The zero-order chi connectivity index (χ0) is 19.7. The predicted molar refractivity (Wildman–Crippen MR) is 105 cm³/mol. The summed E-state index contributed by atoms with van der Waals surface area (Å²) in [4.78, 5) is 26.2. The molecule has 2 atom stereocenters. The maximum absolute atomic E-state index is 13.1. The first-order valence-corrected chi connectivity index (χ1v) is 10.0. The molecule has 28 heavy (non-hydrogen) atoms. The van der Waals surface area contributed by atoms with Gasteiger partial charge in [0.2, 0.25) is 11.9 Å². The summed E-state index contributed by atoms with van der Waals surface area (Å²) in [6, 6.07) is 0.224. The molecule has 0 spiro atoms. The molecule has 150 valence electrons. The maximum atomic E-state index is 13.1. The maximum Gasteiger partial charge on any atom is 0.227 e. The van der Waals surface area contributed by atoms with Crippen molar-refractivity contribution < 1.29 is 9.32 Å². The Kier molecular flexibility index (Phi) is 5.30. The zero-order valence-corrected chi connectivity index (χ0v) is 16.8. The van der Waals surface area contributed by atoms with E-state index in [-0.39, 0.29) is 17.9 Å². The smallest absolute Gasteiger partial charge is 0.227 e. The number of fused-ring (bicyclic) bond motifs is 4. The van der Waals surface area contributed by atoms with Crippen LogP contribution < -0.4 is 5.32 Å². The molecule has 3 saturated heterocycles. The number of aryl methyl sites for hydroxylation is 2. The van der Waals surface area contributed by atoms with Gasteiger partial charge in [-0.2, -0.15) is 0 Å². The van der Waals surface area contributed by atoms with Gasteiger partial charge in [-0.25, -0.2) is 9.97 Å². The van der Waals surface area contributed by atoms with Gasteiger partial charge in [0.1, 0.15) is 5.76 Å². The van der Waals surface area contributed by atoms with Crippen LogP contribution in [0.4, 0.5) is 5.95 Å². The first kappa shape index (κ1) is 18.9. The van der Waals surface area contributed by atoms with Crippen molar-refractivity contribution in [3.8, 4) is 0 Å². The Labute approximate surface area is 165 Å². The van der Waals surface area contributed by atoms with Crippen LogP contribution in [0.1, 0.15) is 42.3 Å². The molecule has 0 aliphatic carbocycles. The number of piperidine rings is 1. The van der Waals surface area contributed by atoms with Gasteiger partial charge in [-0.3, -0.25) is 9.69 Å². The highest BCUT2D eigenvalue weighted by Gasteiger charge is 2.41. The van der Waals surface area contributed by atoms with Crippen molar-refractivity contribution in [3.05, 3.63) is 35.0 Å². The Bertz CT molecular complexity index is 814. The minimum absolute atomic E-state index is 0.0566. The van der Waals surface area contributed by atoms with E-state index < -0.39 is 0 Å². The lowest BCUT2D eigenvalue weighted by Gasteiger charge is -2.36. The van der Waals surface area contributed by atoms with Crippen LogP contribution in [-0.2, 0) is 17.9 Å². The van der Waals surface area contributed by atoms with Crippen molar-refractivity contribution in [2.75, 3.05) is 25.0 Å². The SMILES string of the molecule is CCNc1ncc(CN2C[C@@H]3CC[C@H](C2)N(Cc2c(C)noc2C)C3=O)cn1. The van der Waals surface area contributed by atoms with Gasteiger partial charge in [-0.05, 0) is 33.6 Å². The van der Waals surface area contributed by atoms with Gasteiger partial charge in [0.25, 0.3) is 0 Å². The van der Waals surface area contributed by atoms with Gasteiger partial charge in [-0.15, -0.1) is 0 Å². The molecule has 3 aliphatic heterocycles. The molecular formula is C20H28N6O2. The number of carbonyl (C=O) groups excluding carboxylic acids is 1. The van der Waals surface area contributed by atoms with Crippen molar-refractivity contribution in [1.29, 1.82) is 0 Å². The quantitative estimate of drug-likeness (QED) is 0.816. The van der Waals surface area contributed by atoms with Gasteiger partial charge in [0.05, 0.1) is 18.2 Å². The van der Waals surface area contributed by atoms with Crippen molar-refractivity contribution in [2.45, 2.75) is 52.7 Å². The van der Waals surface area contributed by atoms with E-state index in [1.54, 1.807) is 0 Å². The summed E-state index contributed by atoms with van der Waals surface area (Å²) in [7, 11) is 0. The number of aromatic nitrogens is 3. The molecule has 0 aromatic carbocycles. The molecule has 2 bridgehead atoms. The molecule has 0 radical (unpaired) electrons. The molecule has 5 rings (SSSR count). The third kappa shape index (κ3) is 3.73. The van der Waals surface area contributed by atoms with E-state index in [9.17, 15) is 4.79 Å². The monoisotopic (exact) mass is 384 g/mol. The lowest BCUT2D eigenvalue weighted by atomic mass is 9.93. The van der Waals surface area contributed by atoms with Gasteiger partial charge in [0.15, 0.2) is 0 Å². The summed E-state index contributed by atoms with van der Waals surface area (Å²) in [6.45, 7) is 9.72. The second-order valence-electron chi connectivity index (χ2n) is 7.84. The highest BCUT2D eigenvalue weighted by atomic mass is 16.5. The Hall–Kier alpha value is -2.48. The fourth-order valence-electron chi connectivity index (χ4n) is 4.31. The molecular weight excluding hydrogens is 356 g/mol. The number of rotatable bonds is 6. The standard InChI is InChI=1S/C20H28N6O2/c1-4-21-20-22-7-15(8-23-20)9-25-10-16-5-6-17(11-25)26(19(16)27)12-18-13(2)24-28-14(18)3/h7-8,16-17H,4-6,9-12H2,1-3H3,(H,21,22,23)/t16-,17+/m0/s1. The number of amides is 1. The first-order chi connectivity index (χ1) is 13.5. The Morgan fingerprint density at radius 1 is 1.18 bits per heavy atom. The number of hydrogen-bond donors (Lipinski definition) is 1. The molecule has 0 unspecified atom stereocenters. The molecule has 2 aromatic heterocycles. The molecule has 3 aliphatic rings. The topological polar surface area (TPSA) is 87.4 Å². The van der Waals surface area contributed by atoms with Gasteiger partial charge in [-0.1, -0.05) is 5.16 Å². The van der Waals surface area contributed by atoms with E-state index in [2.05, 4.69) is 25.3 Å². The number of nitrogens with one attached hydrogen (secondary N) is 1. The molecule has 1 N–H and O–H groups in total. The average molecular weight is 384 g/mol. The molecule has 2 aromatic rings. The van der Waals surface area contributed by atoms with Crippen molar-refractivity contribution >= 4 is 11.9 Å². The molecule has 8 heteroatoms. The highest BCUT2D eigenvalue weighted by Crippen LogP contribution is 2.32. The number of carbonyl (C=O) groups is 1. The van der Waals surface area contributed by atoms with Crippen LogP contribution in [0, 0.1) is 19.8 Å². The van der Waals surface area contributed by atoms with Gasteiger partial charge < -0.3 is 14.7 Å². The van der Waals surface area contributed by atoms with Gasteiger partial charge >= 0.3 is 0 Å². The highest BCUT2D eigenvalue weighted by molar-refractivity contribution is 5.80. The van der Waals surface area contributed by atoms with E-state index >= 15 is 0 Å². The zero-order valence-electron chi connectivity index (χ0n) is 16.8. The van der Waals surface area contributed by atoms with Crippen LogP contribution in [-0.4, -0.2) is 56.5 Å². The van der Waals surface area contributed by atoms with Crippen LogP contribution in [0.3, 0.4) is 0 Å². The van der Waals surface area contributed by atoms with Crippen LogP contribution in [0.2, 0.25) is 0 Å². The summed E-state index contributed by atoms with van der Waals surface area (Å²) in [6.07, 6.45) is 5.77.